The molecule has 0 unspecified atom stereocenters. The molecule has 0 saturated carbocycles. The summed E-state index contributed by atoms with van der Waals surface area (Å²) in [7, 11) is 1.36. The number of ether oxygens (including phenoxy) is 3. The van der Waals surface area contributed by atoms with Crippen molar-refractivity contribution in [3.63, 3.8) is 0 Å². The van der Waals surface area contributed by atoms with Crippen LogP contribution in [0.2, 0.25) is 0 Å². The molecule has 2 aromatic rings. The number of phenolic OH excluding ortho intramolecular Hbond substituents is 1. The Kier molecular flexibility index (Phi) is 7.47. The van der Waals surface area contributed by atoms with Gasteiger partial charge in [-0.2, -0.15) is 0 Å². The number of phenols is 1. The molecule has 0 radical (unpaired) electrons. The topological polar surface area (TPSA) is 85.4 Å². The maximum atomic E-state index is 11.7. The van der Waals surface area contributed by atoms with Gasteiger partial charge >= 0.3 is 5.97 Å². The first-order valence-electron chi connectivity index (χ1n) is 10.4. The predicted molar refractivity (Wildman–Crippen MR) is 117 cm³/mol. The van der Waals surface area contributed by atoms with Gasteiger partial charge in [0.05, 0.1) is 24.8 Å². The summed E-state index contributed by atoms with van der Waals surface area (Å²) in [6.07, 6.45) is 6.05. The van der Waals surface area contributed by atoms with Crippen LogP contribution in [0, 0.1) is 0 Å². The lowest BCUT2D eigenvalue weighted by atomic mass is 10.0. The van der Waals surface area contributed by atoms with Gasteiger partial charge in [-0.3, -0.25) is 4.79 Å². The van der Waals surface area contributed by atoms with E-state index >= 15 is 0 Å². The summed E-state index contributed by atoms with van der Waals surface area (Å²) < 4.78 is 16.3. The Hall–Kier alpha value is -3.12. The molecule has 1 saturated heterocycles. The summed E-state index contributed by atoms with van der Waals surface area (Å²) in [6, 6.07) is 10.6. The van der Waals surface area contributed by atoms with Crippen molar-refractivity contribution in [1.82, 2.24) is 0 Å². The molecule has 3 rings (SSSR count). The number of esters is 1. The second-order valence-electron chi connectivity index (χ2n) is 7.45. The fourth-order valence-corrected chi connectivity index (χ4v) is 3.49. The van der Waals surface area contributed by atoms with Crippen LogP contribution >= 0.6 is 0 Å². The zero-order chi connectivity index (χ0) is 22.4. The third kappa shape index (κ3) is 5.52. The zero-order valence-electron chi connectivity index (χ0n) is 18.1. The number of rotatable bonds is 10. The lowest BCUT2D eigenvalue weighted by Crippen LogP contribution is -2.03. The highest BCUT2D eigenvalue weighted by Crippen LogP contribution is 2.40. The molecule has 0 bridgehead atoms. The highest BCUT2D eigenvalue weighted by molar-refractivity contribution is 5.97. The van der Waals surface area contributed by atoms with E-state index < -0.39 is 0 Å². The first-order chi connectivity index (χ1) is 15.0. The molecule has 31 heavy (non-hydrogen) atoms. The van der Waals surface area contributed by atoms with E-state index in [0.717, 1.165) is 12.0 Å². The Morgan fingerprint density at radius 1 is 1.23 bits per heavy atom. The molecule has 1 heterocycles. The molecule has 1 fully saturated rings. The van der Waals surface area contributed by atoms with Crippen molar-refractivity contribution < 1.29 is 28.9 Å². The molecule has 164 valence electrons. The van der Waals surface area contributed by atoms with Gasteiger partial charge in [0.25, 0.3) is 0 Å². The Morgan fingerprint density at radius 3 is 2.74 bits per heavy atom. The van der Waals surface area contributed by atoms with Crippen molar-refractivity contribution in [2.24, 2.45) is 0 Å². The molecular weight excluding hydrogens is 396 g/mol. The summed E-state index contributed by atoms with van der Waals surface area (Å²) in [4.78, 5) is 23.3. The fourth-order valence-electron chi connectivity index (χ4n) is 3.49. The van der Waals surface area contributed by atoms with Gasteiger partial charge in [0.1, 0.15) is 23.7 Å². The number of epoxide rings is 1. The number of carbonyl (C=O) groups is 2. The minimum absolute atomic E-state index is 0.0193. The van der Waals surface area contributed by atoms with Gasteiger partial charge in [0.2, 0.25) is 0 Å². The molecule has 2 atom stereocenters. The number of methoxy groups -OCH3 is 1. The molecule has 6 nitrogen and oxygen atoms in total. The van der Waals surface area contributed by atoms with E-state index in [0.29, 0.717) is 41.9 Å². The van der Waals surface area contributed by atoms with Gasteiger partial charge in [-0.05, 0) is 49.6 Å². The molecule has 1 aliphatic heterocycles. The average Bonchev–Trinajstić information content (AvgIpc) is 3.54. The van der Waals surface area contributed by atoms with Crippen LogP contribution in [0.5, 0.6) is 11.5 Å². The Labute approximate surface area is 182 Å². The molecule has 2 aromatic carbocycles. The molecule has 0 amide bonds. The van der Waals surface area contributed by atoms with Gasteiger partial charge in [-0.15, -0.1) is 0 Å². The maximum absolute atomic E-state index is 11.7. The van der Waals surface area contributed by atoms with Crippen molar-refractivity contribution in [2.45, 2.75) is 45.3 Å². The normalized spacial score (nSPS) is 17.5. The molecule has 0 spiro atoms. The highest BCUT2D eigenvalue weighted by atomic mass is 16.6. The SMILES string of the molecule is CCCc1c(OCC/C=C\[C@H]2O[C@@H]2c2cccc(C(=O)OC)c2)ccc(C(C)=O)c1O. The van der Waals surface area contributed by atoms with E-state index in [1.54, 1.807) is 24.3 Å². The van der Waals surface area contributed by atoms with E-state index in [2.05, 4.69) is 0 Å². The van der Waals surface area contributed by atoms with E-state index in [-0.39, 0.29) is 29.7 Å². The van der Waals surface area contributed by atoms with Crippen LogP contribution < -0.4 is 4.74 Å². The van der Waals surface area contributed by atoms with E-state index in [1.807, 2.05) is 31.2 Å². The standard InChI is InChI=1S/C25H28O6/c1-4-8-20-21(13-12-19(16(2)26)23(20)27)30-14-6-5-11-22-24(31-22)17-9-7-10-18(15-17)25(28)29-3/h5,7,9-13,15,22,24,27H,4,6,8,14H2,1-3H3/b11-5-/t22-,24-/m1/s1. The van der Waals surface area contributed by atoms with Gasteiger partial charge in [-0.25, -0.2) is 4.79 Å². The quantitative estimate of drug-likeness (QED) is 0.194. The minimum atomic E-state index is -0.364. The number of hydrogen-bond donors (Lipinski definition) is 1. The summed E-state index contributed by atoms with van der Waals surface area (Å²) >= 11 is 0. The van der Waals surface area contributed by atoms with Crippen LogP contribution in [-0.2, 0) is 15.9 Å². The molecule has 1 N–H and O–H groups in total. The number of hydrogen-bond acceptors (Lipinski definition) is 6. The first kappa shape index (κ1) is 22.6. The third-order valence-electron chi connectivity index (χ3n) is 5.15. The van der Waals surface area contributed by atoms with Crippen molar-refractivity contribution >= 4 is 11.8 Å². The second-order valence-corrected chi connectivity index (χ2v) is 7.45. The molecule has 0 aliphatic carbocycles. The average molecular weight is 424 g/mol. The van der Waals surface area contributed by atoms with Crippen LogP contribution in [-0.4, -0.2) is 36.7 Å². The van der Waals surface area contributed by atoms with Gasteiger partial charge < -0.3 is 19.3 Å². The third-order valence-corrected chi connectivity index (χ3v) is 5.15. The Balaban J connectivity index is 1.52. The Bertz CT molecular complexity index is 978. The lowest BCUT2D eigenvalue weighted by molar-refractivity contribution is 0.0600. The van der Waals surface area contributed by atoms with Crippen LogP contribution in [0.15, 0.2) is 48.6 Å². The zero-order valence-corrected chi connectivity index (χ0v) is 18.1. The Morgan fingerprint density at radius 2 is 2.03 bits per heavy atom. The molecule has 6 heteroatoms. The molecule has 0 aromatic heterocycles. The summed E-state index contributed by atoms with van der Waals surface area (Å²) in [5.41, 5.74) is 2.45. The first-order valence-corrected chi connectivity index (χ1v) is 10.4. The van der Waals surface area contributed by atoms with Crippen LogP contribution in [0.4, 0.5) is 0 Å². The van der Waals surface area contributed by atoms with E-state index in [9.17, 15) is 14.7 Å². The smallest absolute Gasteiger partial charge is 0.337 e. The van der Waals surface area contributed by atoms with Crippen LogP contribution in [0.1, 0.15) is 64.6 Å². The van der Waals surface area contributed by atoms with Crippen molar-refractivity contribution in [3.8, 4) is 11.5 Å². The van der Waals surface area contributed by atoms with Gasteiger partial charge in [0, 0.05) is 5.56 Å². The van der Waals surface area contributed by atoms with E-state index in [4.69, 9.17) is 14.2 Å². The number of ketones is 1. The largest absolute Gasteiger partial charge is 0.507 e. The van der Waals surface area contributed by atoms with Crippen LogP contribution in [0.25, 0.3) is 0 Å². The number of benzene rings is 2. The highest BCUT2D eigenvalue weighted by Gasteiger charge is 2.38. The van der Waals surface area contributed by atoms with Crippen molar-refractivity contribution in [2.75, 3.05) is 13.7 Å². The summed E-state index contributed by atoms with van der Waals surface area (Å²) in [5.74, 6) is 0.0979. The predicted octanol–water partition coefficient (Wildman–Crippen LogP) is 4.80. The number of aromatic hydroxyl groups is 1. The minimum Gasteiger partial charge on any atom is -0.507 e. The summed E-state index contributed by atoms with van der Waals surface area (Å²) in [6.45, 7) is 3.90. The van der Waals surface area contributed by atoms with E-state index in [1.165, 1.54) is 14.0 Å². The summed E-state index contributed by atoms with van der Waals surface area (Å²) in [5, 5.41) is 10.4. The molecular formula is C25H28O6. The van der Waals surface area contributed by atoms with Crippen LogP contribution in [0.3, 0.4) is 0 Å². The fraction of sp³-hybridized carbons (Fsp3) is 0.360. The number of carbonyl (C=O) groups excluding carboxylic acids is 2. The maximum Gasteiger partial charge on any atom is 0.337 e. The monoisotopic (exact) mass is 424 g/mol. The lowest BCUT2D eigenvalue weighted by Gasteiger charge is -2.14. The van der Waals surface area contributed by atoms with Crippen molar-refractivity contribution in [1.29, 1.82) is 0 Å². The molecule has 1 aliphatic rings. The number of Topliss-reactive ketones (excluding diaryl/α,β-unsaturated/α-hetero) is 1. The van der Waals surface area contributed by atoms with Gasteiger partial charge in [0.15, 0.2) is 5.78 Å². The van der Waals surface area contributed by atoms with Crippen molar-refractivity contribution in [3.05, 3.63) is 70.8 Å². The second kappa shape index (κ2) is 10.3. The van der Waals surface area contributed by atoms with Gasteiger partial charge in [-0.1, -0.05) is 37.6 Å².